The molecule has 1 heterocycles. The molecule has 0 saturated heterocycles. The van der Waals surface area contributed by atoms with Crippen molar-refractivity contribution in [3.63, 3.8) is 0 Å². The summed E-state index contributed by atoms with van der Waals surface area (Å²) in [6.45, 7) is 3.49. The highest BCUT2D eigenvalue weighted by Gasteiger charge is 2.14. The molecule has 0 aliphatic rings. The molecule has 0 bridgehead atoms. The third kappa shape index (κ3) is 6.15. The fourth-order valence-corrected chi connectivity index (χ4v) is 3.35. The van der Waals surface area contributed by atoms with E-state index < -0.39 is 15.9 Å². The fraction of sp³-hybridized carbons (Fsp3) is 0.278. The molecule has 0 aliphatic heterocycles. The van der Waals surface area contributed by atoms with Crippen LogP contribution >= 0.6 is 0 Å². The molecule has 1 aromatic carbocycles. The van der Waals surface area contributed by atoms with Gasteiger partial charge in [-0.2, -0.15) is 0 Å². The lowest BCUT2D eigenvalue weighted by atomic mass is 10.1. The Morgan fingerprint density at radius 2 is 1.74 bits per heavy atom. The second-order valence-corrected chi connectivity index (χ2v) is 7.70. The summed E-state index contributed by atoms with van der Waals surface area (Å²) < 4.78 is 26.3. The number of amides is 2. The molecule has 2 amide bonds. The van der Waals surface area contributed by atoms with Crippen LogP contribution in [0.1, 0.15) is 17.5 Å². The monoisotopic (exact) mass is 390 g/mol. The molecule has 3 N–H and O–H groups in total. The van der Waals surface area contributed by atoms with E-state index in [0.29, 0.717) is 0 Å². The Morgan fingerprint density at radius 1 is 1.04 bits per heavy atom. The van der Waals surface area contributed by atoms with Gasteiger partial charge in [0.05, 0.1) is 6.54 Å². The minimum atomic E-state index is -3.71. The lowest BCUT2D eigenvalue weighted by molar-refractivity contribution is -0.124. The fourth-order valence-electron chi connectivity index (χ4n) is 2.35. The number of nitrogens with zero attached hydrogens (tertiary/aromatic N) is 1. The summed E-state index contributed by atoms with van der Waals surface area (Å²) in [5.41, 5.74) is 2.58. The summed E-state index contributed by atoms with van der Waals surface area (Å²) in [6, 6.07) is 8.59. The summed E-state index contributed by atoms with van der Waals surface area (Å²) in [4.78, 5) is 27.6. The van der Waals surface area contributed by atoms with Crippen LogP contribution in [0.3, 0.4) is 0 Å². The van der Waals surface area contributed by atoms with Gasteiger partial charge in [0, 0.05) is 31.0 Å². The molecule has 2 aromatic rings. The van der Waals surface area contributed by atoms with E-state index in [1.54, 1.807) is 0 Å². The quantitative estimate of drug-likeness (QED) is 0.624. The molecule has 2 rings (SSSR count). The van der Waals surface area contributed by atoms with Gasteiger partial charge in [0.2, 0.25) is 21.8 Å². The standard InChI is InChI=1S/C18H22N4O4S/c1-13-5-3-6-14(2)18(13)22-17(24)12-20-16(23)8-10-21-27(25,26)15-7-4-9-19-11-15/h3-7,9,11,21H,8,10,12H2,1-2H3,(H,20,23)(H,22,24). The molecular weight excluding hydrogens is 368 g/mol. The number of hydrogen-bond acceptors (Lipinski definition) is 5. The van der Waals surface area contributed by atoms with E-state index in [-0.39, 0.29) is 30.3 Å². The largest absolute Gasteiger partial charge is 0.347 e. The van der Waals surface area contributed by atoms with Gasteiger partial charge in [0.25, 0.3) is 0 Å². The first-order chi connectivity index (χ1) is 12.8. The number of hydrogen-bond donors (Lipinski definition) is 3. The molecule has 9 heteroatoms. The number of rotatable bonds is 8. The number of nitrogens with one attached hydrogen (secondary N) is 3. The zero-order valence-electron chi connectivity index (χ0n) is 15.2. The Morgan fingerprint density at radius 3 is 2.37 bits per heavy atom. The van der Waals surface area contributed by atoms with E-state index in [1.165, 1.54) is 24.5 Å². The Balaban J connectivity index is 1.75. The number of aromatic nitrogens is 1. The lowest BCUT2D eigenvalue weighted by Crippen LogP contribution is -2.35. The van der Waals surface area contributed by atoms with Gasteiger partial charge in [-0.25, -0.2) is 13.1 Å². The van der Waals surface area contributed by atoms with Crippen LogP contribution in [-0.4, -0.2) is 38.3 Å². The van der Waals surface area contributed by atoms with Crippen LogP contribution in [0.2, 0.25) is 0 Å². The molecule has 0 spiro atoms. The molecule has 0 atom stereocenters. The molecule has 0 saturated carbocycles. The van der Waals surface area contributed by atoms with E-state index in [0.717, 1.165) is 16.8 Å². The Kier molecular flexibility index (Phi) is 7.03. The average Bonchev–Trinajstić information content (AvgIpc) is 2.64. The van der Waals surface area contributed by atoms with Crippen molar-refractivity contribution in [3.05, 3.63) is 53.9 Å². The van der Waals surface area contributed by atoms with Crippen molar-refractivity contribution in [2.75, 3.05) is 18.4 Å². The van der Waals surface area contributed by atoms with Gasteiger partial charge in [-0.1, -0.05) is 18.2 Å². The Hall–Kier alpha value is -2.78. The van der Waals surface area contributed by atoms with Gasteiger partial charge in [-0.15, -0.1) is 0 Å². The topological polar surface area (TPSA) is 117 Å². The molecule has 0 radical (unpaired) electrons. The average molecular weight is 390 g/mol. The van der Waals surface area contributed by atoms with Crippen LogP contribution in [0, 0.1) is 13.8 Å². The first-order valence-electron chi connectivity index (χ1n) is 8.32. The van der Waals surface area contributed by atoms with Crippen molar-refractivity contribution >= 4 is 27.5 Å². The van der Waals surface area contributed by atoms with Crippen molar-refractivity contribution in [2.24, 2.45) is 0 Å². The number of benzene rings is 1. The van der Waals surface area contributed by atoms with Gasteiger partial charge in [0.15, 0.2) is 0 Å². The molecular formula is C18H22N4O4S. The summed E-state index contributed by atoms with van der Waals surface area (Å²) in [5.74, 6) is -0.780. The van der Waals surface area contributed by atoms with E-state index in [1.807, 2.05) is 32.0 Å². The first kappa shape index (κ1) is 20.5. The highest BCUT2D eigenvalue weighted by molar-refractivity contribution is 7.89. The van der Waals surface area contributed by atoms with Crippen LogP contribution in [0.4, 0.5) is 5.69 Å². The third-order valence-corrected chi connectivity index (χ3v) is 5.23. The summed E-state index contributed by atoms with van der Waals surface area (Å²) in [7, 11) is -3.71. The molecule has 0 aliphatic carbocycles. The highest BCUT2D eigenvalue weighted by atomic mass is 32.2. The molecule has 8 nitrogen and oxygen atoms in total. The van der Waals surface area contributed by atoms with Crippen molar-refractivity contribution in [1.29, 1.82) is 0 Å². The van der Waals surface area contributed by atoms with E-state index in [4.69, 9.17) is 0 Å². The van der Waals surface area contributed by atoms with Gasteiger partial charge in [0.1, 0.15) is 4.90 Å². The first-order valence-corrected chi connectivity index (χ1v) is 9.80. The number of carbonyl (C=O) groups excluding carboxylic acids is 2. The number of para-hydroxylation sites is 1. The SMILES string of the molecule is Cc1cccc(C)c1NC(=O)CNC(=O)CCNS(=O)(=O)c1cccnc1. The number of carbonyl (C=O) groups is 2. The molecule has 0 fully saturated rings. The highest BCUT2D eigenvalue weighted by Crippen LogP contribution is 2.18. The third-order valence-electron chi connectivity index (χ3n) is 3.78. The predicted molar refractivity (Wildman–Crippen MR) is 102 cm³/mol. The number of sulfonamides is 1. The lowest BCUT2D eigenvalue weighted by Gasteiger charge is -2.12. The van der Waals surface area contributed by atoms with Crippen molar-refractivity contribution in [3.8, 4) is 0 Å². The molecule has 0 unspecified atom stereocenters. The summed E-state index contributed by atoms with van der Waals surface area (Å²) in [5, 5.41) is 5.23. The molecule has 1 aromatic heterocycles. The van der Waals surface area contributed by atoms with Crippen LogP contribution in [0.5, 0.6) is 0 Å². The van der Waals surface area contributed by atoms with Crippen LogP contribution in [0.25, 0.3) is 0 Å². The maximum atomic E-state index is 12.0. The Labute approximate surface area is 158 Å². The minimum Gasteiger partial charge on any atom is -0.347 e. The number of pyridine rings is 1. The number of aryl methyl sites for hydroxylation is 2. The maximum Gasteiger partial charge on any atom is 0.243 e. The van der Waals surface area contributed by atoms with E-state index in [9.17, 15) is 18.0 Å². The van der Waals surface area contributed by atoms with Gasteiger partial charge >= 0.3 is 0 Å². The van der Waals surface area contributed by atoms with E-state index >= 15 is 0 Å². The van der Waals surface area contributed by atoms with Gasteiger partial charge in [-0.05, 0) is 37.1 Å². The second kappa shape index (κ2) is 9.24. The van der Waals surface area contributed by atoms with Crippen molar-refractivity contribution in [1.82, 2.24) is 15.0 Å². The van der Waals surface area contributed by atoms with Crippen LogP contribution < -0.4 is 15.4 Å². The van der Waals surface area contributed by atoms with Gasteiger partial charge < -0.3 is 10.6 Å². The predicted octanol–water partition coefficient (Wildman–Crippen LogP) is 1.12. The number of anilines is 1. The van der Waals surface area contributed by atoms with E-state index in [2.05, 4.69) is 20.3 Å². The van der Waals surface area contributed by atoms with Crippen LogP contribution in [-0.2, 0) is 19.6 Å². The van der Waals surface area contributed by atoms with Crippen molar-refractivity contribution in [2.45, 2.75) is 25.2 Å². The molecule has 27 heavy (non-hydrogen) atoms. The maximum absolute atomic E-state index is 12.0. The Bertz CT molecular complexity index is 894. The zero-order chi connectivity index (χ0) is 19.9. The minimum absolute atomic E-state index is 0.0263. The summed E-state index contributed by atoms with van der Waals surface area (Å²) in [6.07, 6.45) is 2.60. The molecule has 144 valence electrons. The zero-order valence-corrected chi connectivity index (χ0v) is 16.0. The second-order valence-electron chi connectivity index (χ2n) is 5.93. The summed E-state index contributed by atoms with van der Waals surface area (Å²) >= 11 is 0. The normalized spacial score (nSPS) is 11.0. The van der Waals surface area contributed by atoms with Crippen molar-refractivity contribution < 1.29 is 18.0 Å². The van der Waals surface area contributed by atoms with Gasteiger partial charge in [-0.3, -0.25) is 14.6 Å². The smallest absolute Gasteiger partial charge is 0.243 e. The van der Waals surface area contributed by atoms with Crippen LogP contribution in [0.15, 0.2) is 47.6 Å².